The van der Waals surface area contributed by atoms with Gasteiger partial charge in [-0.1, -0.05) is 93.2 Å². The molecule has 21 heavy (non-hydrogen) atoms. The van der Waals surface area contributed by atoms with Crippen molar-refractivity contribution in [3.05, 3.63) is 83.6 Å². The van der Waals surface area contributed by atoms with Crippen LogP contribution in [0.5, 0.6) is 0 Å². The molecule has 0 saturated heterocycles. The minimum atomic E-state index is -0.812. The van der Waals surface area contributed by atoms with Gasteiger partial charge in [0.1, 0.15) is 8.80 Å². The summed E-state index contributed by atoms with van der Waals surface area (Å²) in [6.07, 6.45) is 4.53. The van der Waals surface area contributed by atoms with E-state index in [0.717, 1.165) is 0 Å². The van der Waals surface area contributed by atoms with Gasteiger partial charge in [0.25, 0.3) is 0 Å². The molecule has 1 heterocycles. The third-order valence-corrected chi connectivity index (χ3v) is 6.50. The Balaban J connectivity index is 2.06. The van der Waals surface area contributed by atoms with E-state index in [4.69, 9.17) is 0 Å². The van der Waals surface area contributed by atoms with Crippen molar-refractivity contribution in [2.75, 3.05) is 0 Å². The first-order chi connectivity index (χ1) is 10.1. The SMILES string of the molecule is CC(C)(C)c1ccccc1[Si]1C=CC=C1c1ccccc1. The zero-order valence-electron chi connectivity index (χ0n) is 12.9. The van der Waals surface area contributed by atoms with E-state index >= 15 is 0 Å². The van der Waals surface area contributed by atoms with Crippen LogP contribution < -0.4 is 5.19 Å². The molecule has 0 bridgehead atoms. The highest BCUT2D eigenvalue weighted by molar-refractivity contribution is 6.95. The van der Waals surface area contributed by atoms with Crippen molar-refractivity contribution in [3.63, 3.8) is 0 Å². The Labute approximate surface area is 129 Å². The molecule has 105 valence electrons. The molecule has 0 amide bonds. The molecule has 0 saturated carbocycles. The highest BCUT2D eigenvalue weighted by atomic mass is 28.3. The summed E-state index contributed by atoms with van der Waals surface area (Å²) in [6.45, 7) is 6.91. The van der Waals surface area contributed by atoms with Gasteiger partial charge in [0.15, 0.2) is 0 Å². The van der Waals surface area contributed by atoms with E-state index in [1.165, 1.54) is 21.5 Å². The Morgan fingerprint density at radius 1 is 0.810 bits per heavy atom. The Bertz CT molecular complexity index is 687. The van der Waals surface area contributed by atoms with Crippen molar-refractivity contribution in [1.82, 2.24) is 0 Å². The minimum absolute atomic E-state index is 0.187. The van der Waals surface area contributed by atoms with Gasteiger partial charge in [-0.3, -0.25) is 0 Å². The first kappa shape index (κ1) is 14.1. The van der Waals surface area contributed by atoms with Crippen LogP contribution in [0.2, 0.25) is 0 Å². The van der Waals surface area contributed by atoms with Gasteiger partial charge in [0, 0.05) is 0 Å². The molecule has 1 aliphatic rings. The lowest BCUT2D eigenvalue weighted by molar-refractivity contribution is 0.594. The second kappa shape index (κ2) is 5.49. The summed E-state index contributed by atoms with van der Waals surface area (Å²) in [5.41, 5.74) is 5.44. The van der Waals surface area contributed by atoms with Gasteiger partial charge < -0.3 is 0 Å². The minimum Gasteiger partial charge on any atom is -0.0872 e. The quantitative estimate of drug-likeness (QED) is 0.718. The summed E-state index contributed by atoms with van der Waals surface area (Å²) >= 11 is 0. The van der Waals surface area contributed by atoms with Crippen molar-refractivity contribution in [1.29, 1.82) is 0 Å². The predicted molar refractivity (Wildman–Crippen MR) is 94.1 cm³/mol. The zero-order valence-corrected chi connectivity index (χ0v) is 13.9. The van der Waals surface area contributed by atoms with Gasteiger partial charge >= 0.3 is 0 Å². The third kappa shape index (κ3) is 2.79. The smallest absolute Gasteiger partial charge is 0.0872 e. The van der Waals surface area contributed by atoms with Crippen LogP contribution in [0.15, 0.2) is 72.4 Å². The molecule has 1 radical (unpaired) electrons. The molecule has 0 spiro atoms. The standard InChI is InChI=1S/C20H21Si/c1-20(2,3)17-12-7-8-13-19(17)21-15-9-14-18(21)16-10-5-4-6-11-16/h4-15H,1-3H3. The van der Waals surface area contributed by atoms with Crippen LogP contribution in [0.25, 0.3) is 5.20 Å². The normalized spacial score (nSPS) is 15.3. The van der Waals surface area contributed by atoms with Gasteiger partial charge in [0.2, 0.25) is 0 Å². The van der Waals surface area contributed by atoms with Crippen molar-refractivity contribution >= 4 is 19.2 Å². The molecule has 1 heteroatoms. The molecule has 0 atom stereocenters. The van der Waals surface area contributed by atoms with Gasteiger partial charge in [0.05, 0.1) is 0 Å². The van der Waals surface area contributed by atoms with Crippen LogP contribution in [0.4, 0.5) is 0 Å². The zero-order chi connectivity index (χ0) is 14.9. The number of benzene rings is 2. The van der Waals surface area contributed by atoms with E-state index in [9.17, 15) is 0 Å². The highest BCUT2D eigenvalue weighted by Gasteiger charge is 2.27. The van der Waals surface area contributed by atoms with Gasteiger partial charge in [-0.15, -0.1) is 0 Å². The molecule has 0 aromatic heterocycles. The summed E-state index contributed by atoms with van der Waals surface area (Å²) in [6, 6.07) is 19.7. The van der Waals surface area contributed by atoms with Crippen LogP contribution in [-0.4, -0.2) is 8.80 Å². The Morgan fingerprint density at radius 3 is 2.19 bits per heavy atom. The second-order valence-corrected chi connectivity index (χ2v) is 8.75. The van der Waals surface area contributed by atoms with Crippen LogP contribution in [0.3, 0.4) is 0 Å². The number of allylic oxidation sites excluding steroid dienone is 2. The lowest BCUT2D eigenvalue weighted by Gasteiger charge is -2.25. The molecular weight excluding hydrogens is 268 g/mol. The summed E-state index contributed by atoms with van der Waals surface area (Å²) in [7, 11) is -0.812. The summed E-state index contributed by atoms with van der Waals surface area (Å²) in [5.74, 6) is 0. The van der Waals surface area contributed by atoms with E-state index < -0.39 is 8.80 Å². The molecule has 0 aliphatic carbocycles. The van der Waals surface area contributed by atoms with Crippen molar-refractivity contribution < 1.29 is 0 Å². The molecule has 3 rings (SSSR count). The van der Waals surface area contributed by atoms with E-state index in [-0.39, 0.29) is 5.41 Å². The van der Waals surface area contributed by atoms with Crippen LogP contribution in [-0.2, 0) is 5.41 Å². The van der Waals surface area contributed by atoms with Gasteiger partial charge in [-0.25, -0.2) is 0 Å². The number of hydrogen-bond donors (Lipinski definition) is 0. The molecule has 0 fully saturated rings. The second-order valence-electron chi connectivity index (χ2n) is 6.51. The first-order valence-electron chi connectivity index (χ1n) is 7.48. The van der Waals surface area contributed by atoms with E-state index in [0.29, 0.717) is 0 Å². The van der Waals surface area contributed by atoms with E-state index in [2.05, 4.69) is 93.2 Å². The average molecular weight is 289 g/mol. The largest absolute Gasteiger partial charge is 0.148 e. The lowest BCUT2D eigenvalue weighted by atomic mass is 9.87. The first-order valence-corrected chi connectivity index (χ1v) is 9.06. The van der Waals surface area contributed by atoms with Crippen molar-refractivity contribution in [2.24, 2.45) is 0 Å². The van der Waals surface area contributed by atoms with E-state index in [1.807, 2.05) is 0 Å². The molecule has 0 unspecified atom stereocenters. The summed E-state index contributed by atoms with van der Waals surface area (Å²) in [4.78, 5) is 0. The fraction of sp³-hybridized carbons (Fsp3) is 0.200. The Morgan fingerprint density at radius 2 is 1.48 bits per heavy atom. The monoisotopic (exact) mass is 289 g/mol. The predicted octanol–water partition coefficient (Wildman–Crippen LogP) is 4.42. The van der Waals surface area contributed by atoms with Gasteiger partial charge in [-0.05, 0) is 26.9 Å². The lowest BCUT2D eigenvalue weighted by Crippen LogP contribution is -2.36. The number of hydrogen-bond acceptors (Lipinski definition) is 0. The molecule has 2 aromatic carbocycles. The maximum atomic E-state index is 2.41. The van der Waals surface area contributed by atoms with Crippen LogP contribution >= 0.6 is 0 Å². The van der Waals surface area contributed by atoms with Crippen LogP contribution in [0.1, 0.15) is 31.9 Å². The molecule has 2 aromatic rings. The highest BCUT2D eigenvalue weighted by Crippen LogP contribution is 2.27. The molecule has 0 nitrogen and oxygen atoms in total. The van der Waals surface area contributed by atoms with E-state index in [1.54, 1.807) is 0 Å². The fourth-order valence-electron chi connectivity index (χ4n) is 2.90. The molecule has 1 aliphatic heterocycles. The van der Waals surface area contributed by atoms with Crippen LogP contribution in [0, 0.1) is 0 Å². The maximum Gasteiger partial charge on any atom is 0.148 e. The average Bonchev–Trinajstić information content (AvgIpc) is 2.96. The summed E-state index contributed by atoms with van der Waals surface area (Å²) in [5, 5.41) is 3.02. The topological polar surface area (TPSA) is 0 Å². The van der Waals surface area contributed by atoms with Crippen molar-refractivity contribution in [2.45, 2.75) is 26.2 Å². The Kier molecular flexibility index (Phi) is 3.69. The van der Waals surface area contributed by atoms with Crippen molar-refractivity contribution in [3.8, 4) is 0 Å². The fourth-order valence-corrected chi connectivity index (χ4v) is 5.61. The van der Waals surface area contributed by atoms with Gasteiger partial charge in [-0.2, -0.15) is 0 Å². The maximum absolute atomic E-state index is 2.41. The number of rotatable bonds is 2. The summed E-state index contributed by atoms with van der Waals surface area (Å²) < 4.78 is 0. The Hall–Kier alpha value is -1.86. The molecular formula is C20H21Si. The third-order valence-electron chi connectivity index (χ3n) is 3.93. The molecule has 0 N–H and O–H groups in total.